The van der Waals surface area contributed by atoms with E-state index in [2.05, 4.69) is 3.79 Å². The molecular formula is C2H6AlO+. The molecule has 0 aromatic carbocycles. The standard InChI is InChI=1S/CH3O.CH3.Al/c1-2;;/h1H3;1H3;/q-1;;+2. The molecule has 0 fully saturated rings. The number of rotatable bonds is 1. The van der Waals surface area contributed by atoms with Crippen molar-refractivity contribution in [1.82, 2.24) is 0 Å². The van der Waals surface area contributed by atoms with E-state index in [4.69, 9.17) is 0 Å². The van der Waals surface area contributed by atoms with Crippen molar-refractivity contribution in [2.24, 2.45) is 0 Å². The summed E-state index contributed by atoms with van der Waals surface area (Å²) in [6, 6.07) is 0. The molecular weight excluding hydrogens is 67.0 g/mol. The molecule has 0 N–H and O–H groups in total. The van der Waals surface area contributed by atoms with E-state index in [-0.39, 0.29) is 15.6 Å². The summed E-state index contributed by atoms with van der Waals surface area (Å²) in [6.45, 7) is 0. The zero-order valence-electron chi connectivity index (χ0n) is 2.99. The van der Waals surface area contributed by atoms with Gasteiger partial charge in [0.25, 0.3) is 0 Å². The predicted molar refractivity (Wildman–Crippen MR) is 18.6 cm³/mol. The molecule has 2 heteroatoms. The van der Waals surface area contributed by atoms with Gasteiger partial charge in [-0.1, -0.05) is 0 Å². The molecule has 1 nitrogen and oxygen atoms in total. The fourth-order valence-corrected chi connectivity index (χ4v) is 0. The van der Waals surface area contributed by atoms with Crippen molar-refractivity contribution in [2.75, 3.05) is 7.11 Å². The molecule has 4 heavy (non-hydrogen) atoms. The maximum atomic E-state index is 4.62. The van der Waals surface area contributed by atoms with E-state index in [1.807, 2.05) is 5.79 Å². The van der Waals surface area contributed by atoms with Crippen molar-refractivity contribution in [3.05, 3.63) is 0 Å². The molecule has 0 amide bonds. The third-order valence-corrected chi connectivity index (χ3v) is 0.707. The van der Waals surface area contributed by atoms with Gasteiger partial charge in [-0.25, -0.2) is 0 Å². The van der Waals surface area contributed by atoms with Crippen LogP contribution in [-0.2, 0) is 3.79 Å². The van der Waals surface area contributed by atoms with Crippen LogP contribution in [0.3, 0.4) is 0 Å². The van der Waals surface area contributed by atoms with Gasteiger partial charge in [-0.3, -0.25) is 0 Å². The van der Waals surface area contributed by atoms with Crippen LogP contribution in [0.15, 0.2) is 0 Å². The van der Waals surface area contributed by atoms with Gasteiger partial charge in [0.2, 0.25) is 0 Å². The van der Waals surface area contributed by atoms with Crippen molar-refractivity contribution < 1.29 is 3.79 Å². The molecule has 0 spiro atoms. The Labute approximate surface area is 33.0 Å². The Morgan fingerprint density at radius 1 is 1.75 bits per heavy atom. The zero-order valence-corrected chi connectivity index (χ0v) is 4.14. The van der Waals surface area contributed by atoms with Gasteiger partial charge in [-0.05, 0) is 0 Å². The number of hydrogen-bond donors (Lipinski definition) is 0. The molecule has 0 saturated heterocycles. The molecule has 0 aliphatic carbocycles. The van der Waals surface area contributed by atoms with Gasteiger partial charge in [-0.2, -0.15) is 0 Å². The van der Waals surface area contributed by atoms with E-state index in [0.29, 0.717) is 0 Å². The normalized spacial score (nSPS) is 5.50. The van der Waals surface area contributed by atoms with E-state index < -0.39 is 0 Å². The first-order valence-corrected chi connectivity index (χ1v) is 2.85. The maximum absolute atomic E-state index is 4.62. The van der Waals surface area contributed by atoms with Crippen LogP contribution in [-0.4, -0.2) is 22.7 Å². The van der Waals surface area contributed by atoms with Crippen molar-refractivity contribution in [3.63, 3.8) is 0 Å². The first-order valence-electron chi connectivity index (χ1n) is 1.22. The summed E-state index contributed by atoms with van der Waals surface area (Å²) in [6.07, 6.45) is 0. The first kappa shape index (κ1) is 4.49. The first-order chi connectivity index (χ1) is 1.91. The van der Waals surface area contributed by atoms with Gasteiger partial charge >= 0.3 is 32.2 Å². The minimum absolute atomic E-state index is 0.282. The molecule has 0 aromatic rings. The monoisotopic (exact) mass is 73.0 g/mol. The molecule has 0 bridgehead atoms. The van der Waals surface area contributed by atoms with Crippen LogP contribution in [0.2, 0.25) is 5.79 Å². The van der Waals surface area contributed by atoms with Gasteiger partial charge < -0.3 is 0 Å². The summed E-state index contributed by atoms with van der Waals surface area (Å²) in [5, 5.41) is 0. The van der Waals surface area contributed by atoms with Crippen LogP contribution in [0.4, 0.5) is 0 Å². The van der Waals surface area contributed by atoms with Crippen LogP contribution in [0.1, 0.15) is 0 Å². The molecule has 0 radical (unpaired) electrons. The van der Waals surface area contributed by atoms with Crippen LogP contribution < -0.4 is 0 Å². The van der Waals surface area contributed by atoms with Gasteiger partial charge in [0, 0.05) is 0 Å². The van der Waals surface area contributed by atoms with E-state index >= 15 is 0 Å². The summed E-state index contributed by atoms with van der Waals surface area (Å²) in [5.74, 6) is 2.04. The predicted octanol–water partition coefficient (Wildman–Crippen LogP) is 0.300. The molecule has 0 saturated carbocycles. The topological polar surface area (TPSA) is 9.23 Å². The Kier molecular flexibility index (Phi) is 3.92. The van der Waals surface area contributed by atoms with Crippen molar-refractivity contribution in [2.45, 2.75) is 5.79 Å². The second kappa shape index (κ2) is 3.49. The van der Waals surface area contributed by atoms with Gasteiger partial charge in [-0.15, -0.1) is 0 Å². The second-order valence-corrected chi connectivity index (χ2v) is 1.41. The Bertz CT molecular complexity index is 8.00. The Morgan fingerprint density at radius 2 is 2.00 bits per heavy atom. The Hall–Kier alpha value is 0.492. The second-order valence-electron chi connectivity index (χ2n) is 0.471. The van der Waals surface area contributed by atoms with E-state index in [1.165, 1.54) is 0 Å². The van der Waals surface area contributed by atoms with Crippen molar-refractivity contribution in [1.29, 1.82) is 0 Å². The SMILES string of the molecule is C[O][Al+][CH3]. The van der Waals surface area contributed by atoms with Crippen LogP contribution in [0.5, 0.6) is 0 Å². The molecule has 22 valence electrons. The summed E-state index contributed by atoms with van der Waals surface area (Å²) >= 11 is 0.282. The summed E-state index contributed by atoms with van der Waals surface area (Å²) in [7, 11) is 1.72. The van der Waals surface area contributed by atoms with E-state index in [0.717, 1.165) is 0 Å². The Balaban J connectivity index is 1.97. The van der Waals surface area contributed by atoms with Gasteiger partial charge in [0.1, 0.15) is 0 Å². The molecule has 0 heterocycles. The molecule has 0 atom stereocenters. The van der Waals surface area contributed by atoms with Crippen LogP contribution in [0.25, 0.3) is 0 Å². The summed E-state index contributed by atoms with van der Waals surface area (Å²) < 4.78 is 4.62. The fourth-order valence-electron chi connectivity index (χ4n) is 0. The quantitative estimate of drug-likeness (QED) is 0.405. The average Bonchev–Trinajstić information content (AvgIpc) is 1.37. The Morgan fingerprint density at radius 3 is 2.00 bits per heavy atom. The molecule has 0 aliphatic rings. The molecule has 0 aliphatic heterocycles. The summed E-state index contributed by atoms with van der Waals surface area (Å²) in [4.78, 5) is 0. The van der Waals surface area contributed by atoms with Crippen molar-refractivity contribution >= 4 is 15.6 Å². The third kappa shape index (κ3) is 2.49. The third-order valence-electron chi connectivity index (χ3n) is 0.236. The zero-order chi connectivity index (χ0) is 3.41. The van der Waals surface area contributed by atoms with Gasteiger partial charge in [0.15, 0.2) is 0 Å². The van der Waals surface area contributed by atoms with Crippen LogP contribution in [0, 0.1) is 0 Å². The van der Waals surface area contributed by atoms with E-state index in [1.54, 1.807) is 7.11 Å². The van der Waals surface area contributed by atoms with Gasteiger partial charge in [0.05, 0.1) is 0 Å². The minimum atomic E-state index is 0.282. The molecule has 0 rings (SSSR count). The molecule has 0 aromatic heterocycles. The average molecular weight is 73.1 g/mol. The summed E-state index contributed by atoms with van der Waals surface area (Å²) in [5.41, 5.74) is 0. The van der Waals surface area contributed by atoms with Crippen molar-refractivity contribution in [3.8, 4) is 0 Å². The van der Waals surface area contributed by atoms with Crippen LogP contribution >= 0.6 is 0 Å². The fraction of sp³-hybridized carbons (Fsp3) is 1.00. The molecule has 0 unspecified atom stereocenters. The number of hydrogen-bond acceptors (Lipinski definition) is 1. The van der Waals surface area contributed by atoms with E-state index in [9.17, 15) is 0 Å².